The smallest absolute Gasteiger partial charge is 0.339 e. The van der Waals surface area contributed by atoms with Gasteiger partial charge in [0, 0.05) is 55.1 Å². The maximum absolute atomic E-state index is 14.4. The van der Waals surface area contributed by atoms with E-state index in [4.69, 9.17) is 19.7 Å². The van der Waals surface area contributed by atoms with Crippen LogP contribution in [-0.4, -0.2) is 58.1 Å². The van der Waals surface area contributed by atoms with Crippen LogP contribution in [0.2, 0.25) is 0 Å². The van der Waals surface area contributed by atoms with Crippen molar-refractivity contribution in [2.75, 3.05) is 26.2 Å². The van der Waals surface area contributed by atoms with Crippen molar-refractivity contribution in [3.63, 3.8) is 0 Å². The van der Waals surface area contributed by atoms with Gasteiger partial charge in [-0.15, -0.1) is 0 Å². The first-order valence-corrected chi connectivity index (χ1v) is 14.6. The minimum absolute atomic E-state index is 0.154. The lowest BCUT2D eigenvalue weighted by Gasteiger charge is -2.36. The summed E-state index contributed by atoms with van der Waals surface area (Å²) in [4.78, 5) is 31.4. The fraction of sp³-hybridized carbons (Fsp3) is 0.394. The van der Waals surface area contributed by atoms with Crippen molar-refractivity contribution in [3.8, 4) is 11.3 Å². The first-order chi connectivity index (χ1) is 19.7. The van der Waals surface area contributed by atoms with Crippen molar-refractivity contribution < 1.29 is 9.53 Å². The van der Waals surface area contributed by atoms with Crippen LogP contribution in [0.3, 0.4) is 0 Å². The molecular weight excluding hydrogens is 498 g/mol. The van der Waals surface area contributed by atoms with Gasteiger partial charge in [-0.2, -0.15) is 0 Å². The van der Waals surface area contributed by atoms with E-state index < -0.39 is 0 Å². The van der Waals surface area contributed by atoms with E-state index in [1.54, 1.807) is 12.4 Å². The Kier molecular flexibility index (Phi) is 8.11. The van der Waals surface area contributed by atoms with Crippen LogP contribution >= 0.6 is 0 Å². The zero-order chi connectivity index (χ0) is 27.3. The highest BCUT2D eigenvalue weighted by Crippen LogP contribution is 2.40. The molecule has 2 atom stereocenters. The molecule has 6 rings (SSSR count). The molecule has 7 nitrogen and oxygen atoms in total. The average molecular weight is 536 g/mol. The number of rotatable bonds is 7. The Labute approximate surface area is 236 Å². The van der Waals surface area contributed by atoms with Gasteiger partial charge in [0.1, 0.15) is 11.9 Å². The lowest BCUT2D eigenvalue weighted by Crippen LogP contribution is -2.46. The number of esters is 1. The molecule has 7 heteroatoms. The first-order valence-electron chi connectivity index (χ1n) is 14.6. The number of carbonyl (C=O) groups excluding carboxylic acids is 1. The van der Waals surface area contributed by atoms with Gasteiger partial charge < -0.3 is 10.1 Å². The number of aromatic nitrogens is 3. The molecule has 2 unspecified atom stereocenters. The second-order valence-electron chi connectivity index (χ2n) is 10.9. The second kappa shape index (κ2) is 12.2. The molecule has 2 aliphatic rings. The molecule has 206 valence electrons. The van der Waals surface area contributed by atoms with E-state index in [0.717, 1.165) is 66.7 Å². The second-order valence-corrected chi connectivity index (χ2v) is 10.9. The van der Waals surface area contributed by atoms with Crippen molar-refractivity contribution in [1.82, 2.24) is 25.2 Å². The van der Waals surface area contributed by atoms with Gasteiger partial charge in [0.25, 0.3) is 0 Å². The molecule has 1 aliphatic heterocycles. The van der Waals surface area contributed by atoms with E-state index in [9.17, 15) is 4.79 Å². The van der Waals surface area contributed by atoms with Gasteiger partial charge in [-0.3, -0.25) is 4.90 Å². The van der Waals surface area contributed by atoms with E-state index in [1.807, 2.05) is 48.5 Å². The Morgan fingerprint density at radius 1 is 0.925 bits per heavy atom. The maximum atomic E-state index is 14.4. The number of hydrogen-bond donors (Lipinski definition) is 1. The standard InChI is InChI=1S/C33H37N5O2/c1-23(24-11-4-2-5-12-24)40-33(39)28-26-15-8-9-16-27(26)37-30(25-13-6-3-7-14-25)29(28)31(32-35-17-10-18-36-32)38-21-19-34-20-22-38/h3,6-10,13-18,23-24,31,34H,2,4-5,11-12,19-22H2,1H3. The molecule has 1 saturated carbocycles. The Hall–Kier alpha value is -3.68. The predicted octanol–water partition coefficient (Wildman–Crippen LogP) is 5.81. The average Bonchev–Trinajstić information content (AvgIpc) is 3.02. The maximum Gasteiger partial charge on any atom is 0.339 e. The molecule has 0 bridgehead atoms. The number of benzene rings is 2. The van der Waals surface area contributed by atoms with Gasteiger partial charge in [-0.25, -0.2) is 19.7 Å². The van der Waals surface area contributed by atoms with Crippen LogP contribution in [-0.2, 0) is 4.74 Å². The van der Waals surface area contributed by atoms with Crippen molar-refractivity contribution in [1.29, 1.82) is 0 Å². The Morgan fingerprint density at radius 3 is 2.38 bits per heavy atom. The molecule has 4 aromatic rings. The molecule has 1 N–H and O–H groups in total. The number of hydrogen-bond acceptors (Lipinski definition) is 7. The Balaban J connectivity index is 1.58. The number of carbonyl (C=O) groups is 1. The highest BCUT2D eigenvalue weighted by atomic mass is 16.5. The molecule has 0 amide bonds. The summed E-state index contributed by atoms with van der Waals surface area (Å²) in [5.74, 6) is 0.761. The third-order valence-corrected chi connectivity index (χ3v) is 8.41. The molecule has 0 radical (unpaired) electrons. The first kappa shape index (κ1) is 26.5. The van der Waals surface area contributed by atoms with E-state index in [1.165, 1.54) is 19.3 Å². The van der Waals surface area contributed by atoms with Crippen molar-refractivity contribution >= 4 is 16.9 Å². The van der Waals surface area contributed by atoms with Crippen LogP contribution in [0.5, 0.6) is 0 Å². The number of ether oxygens (including phenoxy) is 1. The van der Waals surface area contributed by atoms with Crippen LogP contribution < -0.4 is 5.32 Å². The van der Waals surface area contributed by atoms with Crippen LogP contribution in [0.25, 0.3) is 22.2 Å². The van der Waals surface area contributed by atoms with E-state index in [2.05, 4.69) is 29.3 Å². The van der Waals surface area contributed by atoms with Gasteiger partial charge in [0.05, 0.1) is 22.8 Å². The van der Waals surface area contributed by atoms with E-state index in [-0.39, 0.29) is 18.1 Å². The zero-order valence-electron chi connectivity index (χ0n) is 23.1. The largest absolute Gasteiger partial charge is 0.459 e. The van der Waals surface area contributed by atoms with Crippen LogP contribution in [0.15, 0.2) is 73.1 Å². The molecule has 0 spiro atoms. The Morgan fingerprint density at radius 2 is 1.62 bits per heavy atom. The van der Waals surface area contributed by atoms with Crippen LogP contribution in [0.1, 0.15) is 66.8 Å². The molecule has 2 fully saturated rings. The van der Waals surface area contributed by atoms with E-state index >= 15 is 0 Å². The molecule has 2 aromatic heterocycles. The summed E-state index contributed by atoms with van der Waals surface area (Å²) in [6, 6.07) is 19.5. The summed E-state index contributed by atoms with van der Waals surface area (Å²) >= 11 is 0. The zero-order valence-corrected chi connectivity index (χ0v) is 23.1. The Bertz CT molecular complexity index is 1430. The molecule has 2 aromatic carbocycles. The van der Waals surface area contributed by atoms with Gasteiger partial charge in [-0.05, 0) is 37.8 Å². The van der Waals surface area contributed by atoms with Gasteiger partial charge in [0.2, 0.25) is 0 Å². The molecular formula is C33H37N5O2. The van der Waals surface area contributed by atoms with Gasteiger partial charge >= 0.3 is 5.97 Å². The molecule has 1 saturated heterocycles. The summed E-state index contributed by atoms with van der Waals surface area (Å²) < 4.78 is 6.35. The van der Waals surface area contributed by atoms with Crippen LogP contribution in [0.4, 0.5) is 0 Å². The fourth-order valence-electron chi connectivity index (χ4n) is 6.32. The highest BCUT2D eigenvalue weighted by molar-refractivity contribution is 6.07. The van der Waals surface area contributed by atoms with Gasteiger partial charge in [0.15, 0.2) is 0 Å². The lowest BCUT2D eigenvalue weighted by molar-refractivity contribution is 0.0140. The monoisotopic (exact) mass is 535 g/mol. The summed E-state index contributed by atoms with van der Waals surface area (Å²) in [5.41, 5.74) is 3.89. The third-order valence-electron chi connectivity index (χ3n) is 8.41. The molecule has 40 heavy (non-hydrogen) atoms. The number of fused-ring (bicyclic) bond motifs is 1. The van der Waals surface area contributed by atoms with Crippen molar-refractivity contribution in [2.24, 2.45) is 5.92 Å². The summed E-state index contributed by atoms with van der Waals surface area (Å²) in [5, 5.41) is 4.26. The van der Waals surface area contributed by atoms with Crippen molar-refractivity contribution in [2.45, 2.75) is 51.2 Å². The summed E-state index contributed by atoms with van der Waals surface area (Å²) in [7, 11) is 0. The predicted molar refractivity (Wildman–Crippen MR) is 157 cm³/mol. The number of piperazine rings is 1. The lowest BCUT2D eigenvalue weighted by atomic mass is 9.85. The quantitative estimate of drug-likeness (QED) is 0.299. The van der Waals surface area contributed by atoms with Crippen molar-refractivity contribution in [3.05, 3.63) is 90.0 Å². The fourth-order valence-corrected chi connectivity index (χ4v) is 6.32. The molecule has 1 aliphatic carbocycles. The van der Waals surface area contributed by atoms with Gasteiger partial charge in [-0.1, -0.05) is 67.8 Å². The summed E-state index contributed by atoms with van der Waals surface area (Å²) in [6.45, 7) is 5.37. The summed E-state index contributed by atoms with van der Waals surface area (Å²) in [6.07, 6.45) is 9.27. The highest BCUT2D eigenvalue weighted by Gasteiger charge is 2.36. The number of pyridine rings is 1. The minimum Gasteiger partial charge on any atom is -0.459 e. The normalized spacial score (nSPS) is 18.3. The minimum atomic E-state index is -0.358. The number of nitrogens with zero attached hydrogens (tertiary/aromatic N) is 4. The topological polar surface area (TPSA) is 80.2 Å². The van der Waals surface area contributed by atoms with Crippen LogP contribution in [0, 0.1) is 5.92 Å². The van der Waals surface area contributed by atoms with E-state index in [0.29, 0.717) is 17.3 Å². The SMILES string of the molecule is CC(OC(=O)c1c(C(c2ncccn2)N2CCNCC2)c(-c2ccccc2)nc2ccccc12)C1CCCCC1. The number of para-hydroxylation sites is 1. The third kappa shape index (κ3) is 5.49. The molecule has 3 heterocycles. The number of nitrogens with one attached hydrogen (secondary N) is 1.